The smallest absolute Gasteiger partial charge is 0.518 e. The number of hydroxylamine groups is 3. The van der Waals surface area contributed by atoms with E-state index in [1.807, 2.05) is 0 Å². The van der Waals surface area contributed by atoms with Crippen LogP contribution in [0.25, 0.3) is 0 Å². The van der Waals surface area contributed by atoms with Crippen molar-refractivity contribution < 1.29 is 33.6 Å². The summed E-state index contributed by atoms with van der Waals surface area (Å²) in [6, 6.07) is 7.17. The second kappa shape index (κ2) is 8.06. The molecule has 9 heteroatoms. The molecular formula is C16H20N2O7. The van der Waals surface area contributed by atoms with E-state index in [0.29, 0.717) is 5.56 Å². The minimum Gasteiger partial charge on any atom is -0.621 e. The normalized spacial score (nSPS) is 23.2. The fourth-order valence-corrected chi connectivity index (χ4v) is 2.60. The van der Waals surface area contributed by atoms with Gasteiger partial charge >= 0.3 is 18.0 Å². The lowest BCUT2D eigenvalue weighted by Crippen LogP contribution is -2.55. The Labute approximate surface area is 144 Å². The van der Waals surface area contributed by atoms with Gasteiger partial charge in [-0.1, -0.05) is 30.3 Å². The summed E-state index contributed by atoms with van der Waals surface area (Å²) in [7, 11) is 0. The van der Waals surface area contributed by atoms with Gasteiger partial charge in [0.1, 0.15) is 19.8 Å². The fraction of sp³-hybridized carbons (Fsp3) is 0.438. The number of carboxylic acid groups (broad SMARTS) is 1. The molecule has 1 heterocycles. The number of quaternary nitrogens is 1. The van der Waals surface area contributed by atoms with Gasteiger partial charge in [0, 0.05) is 0 Å². The Bertz CT molecular complexity index is 637. The third kappa shape index (κ3) is 4.53. The maximum Gasteiger partial charge on any atom is 0.518 e. The average Bonchev–Trinajstić information content (AvgIpc) is 2.91. The highest BCUT2D eigenvalue weighted by Gasteiger charge is 2.51. The van der Waals surface area contributed by atoms with Crippen LogP contribution >= 0.6 is 0 Å². The van der Waals surface area contributed by atoms with Crippen LogP contribution in [-0.2, 0) is 25.7 Å². The first-order chi connectivity index (χ1) is 11.9. The van der Waals surface area contributed by atoms with E-state index < -0.39 is 35.4 Å². The zero-order valence-electron chi connectivity index (χ0n) is 13.8. The molecule has 2 rings (SSSR count). The minimum atomic E-state index is -1.69. The Balaban J connectivity index is 2.05. The van der Waals surface area contributed by atoms with Gasteiger partial charge in [-0.05, 0) is 12.5 Å². The summed E-state index contributed by atoms with van der Waals surface area (Å²) in [5, 5.41) is 22.1. The first kappa shape index (κ1) is 18.8. The van der Waals surface area contributed by atoms with Gasteiger partial charge in [-0.15, -0.1) is 0 Å². The Morgan fingerprint density at radius 1 is 1.28 bits per heavy atom. The standard InChI is InChI=1S/C16H20N2O7/c1-2-24-14(19)9-17-8-13(15(20)21)18(23,11-17)16(22)25-10-12-6-4-3-5-7-12/h3-7,13H,2,8-11H2,1H3,(H,20,21)/t13-,18?/m0/s1. The molecule has 2 atom stereocenters. The molecule has 0 bridgehead atoms. The van der Waals surface area contributed by atoms with Gasteiger partial charge in [0.25, 0.3) is 0 Å². The molecule has 0 radical (unpaired) electrons. The van der Waals surface area contributed by atoms with Gasteiger partial charge in [-0.3, -0.25) is 4.79 Å². The van der Waals surface area contributed by atoms with Crippen molar-refractivity contribution in [2.24, 2.45) is 0 Å². The van der Waals surface area contributed by atoms with Crippen LogP contribution in [0.2, 0.25) is 0 Å². The van der Waals surface area contributed by atoms with E-state index in [4.69, 9.17) is 9.47 Å². The summed E-state index contributed by atoms with van der Waals surface area (Å²) in [5.74, 6) is -2.00. The number of carbonyl (C=O) groups excluding carboxylic acids is 2. The van der Waals surface area contributed by atoms with Crippen molar-refractivity contribution in [3.63, 3.8) is 0 Å². The third-order valence-electron chi connectivity index (χ3n) is 3.80. The quantitative estimate of drug-likeness (QED) is 0.456. The molecular weight excluding hydrogens is 332 g/mol. The van der Waals surface area contributed by atoms with Crippen molar-refractivity contribution >= 4 is 18.0 Å². The van der Waals surface area contributed by atoms with E-state index in [9.17, 15) is 24.7 Å². The van der Waals surface area contributed by atoms with E-state index in [-0.39, 0.29) is 26.3 Å². The SMILES string of the molecule is CCOC(=O)CN1C[C@@H](C(=O)O)[N+]([O-])(C(=O)OCc2ccccc2)C1. The van der Waals surface area contributed by atoms with Crippen molar-refractivity contribution in [1.82, 2.24) is 4.90 Å². The van der Waals surface area contributed by atoms with Crippen LogP contribution in [0.1, 0.15) is 12.5 Å². The molecule has 1 aromatic rings. The maximum atomic E-state index is 12.8. The minimum absolute atomic E-state index is 0.133. The molecule has 1 aliphatic rings. The van der Waals surface area contributed by atoms with E-state index in [1.165, 1.54) is 4.90 Å². The summed E-state index contributed by atoms with van der Waals surface area (Å²) in [6.45, 7) is 0.696. The summed E-state index contributed by atoms with van der Waals surface area (Å²) in [5.41, 5.74) is 0.678. The van der Waals surface area contributed by atoms with Gasteiger partial charge in [0.15, 0.2) is 0 Å². The summed E-state index contributed by atoms with van der Waals surface area (Å²) < 4.78 is 8.10. The lowest BCUT2D eigenvalue weighted by Gasteiger charge is -2.36. The number of aliphatic carboxylic acids is 1. The van der Waals surface area contributed by atoms with Gasteiger partial charge in [0.2, 0.25) is 6.04 Å². The molecule has 25 heavy (non-hydrogen) atoms. The molecule has 0 spiro atoms. The highest BCUT2D eigenvalue weighted by molar-refractivity contribution is 5.77. The number of carbonyl (C=O) groups is 3. The number of benzene rings is 1. The molecule has 0 saturated carbocycles. The van der Waals surface area contributed by atoms with Gasteiger partial charge in [0.05, 0.1) is 13.2 Å². The molecule has 0 aromatic heterocycles. The van der Waals surface area contributed by atoms with Crippen LogP contribution in [-0.4, -0.2) is 65.1 Å². The summed E-state index contributed by atoms with van der Waals surface area (Å²) >= 11 is 0. The van der Waals surface area contributed by atoms with Crippen LogP contribution in [0.5, 0.6) is 0 Å². The number of ether oxygens (including phenoxy) is 2. The lowest BCUT2D eigenvalue weighted by molar-refractivity contribution is -0.815. The van der Waals surface area contributed by atoms with Gasteiger partial charge in [-0.2, -0.15) is 4.79 Å². The first-order valence-electron chi connectivity index (χ1n) is 7.77. The van der Waals surface area contributed by atoms with Crippen molar-refractivity contribution in [3.05, 3.63) is 41.1 Å². The topological polar surface area (TPSA) is 116 Å². The van der Waals surface area contributed by atoms with Crippen LogP contribution in [0.4, 0.5) is 4.79 Å². The van der Waals surface area contributed by atoms with E-state index in [0.717, 1.165) is 0 Å². The van der Waals surface area contributed by atoms with Gasteiger partial charge < -0.3 is 19.8 Å². The van der Waals surface area contributed by atoms with E-state index in [2.05, 4.69) is 0 Å². The Hall–Kier alpha value is -2.49. The number of esters is 1. The summed E-state index contributed by atoms with van der Waals surface area (Å²) in [6.07, 6.45) is -1.19. The number of rotatable bonds is 6. The molecule has 1 aliphatic heterocycles. The number of amides is 1. The molecule has 1 saturated heterocycles. The Morgan fingerprint density at radius 2 is 1.96 bits per heavy atom. The number of nitrogens with zero attached hydrogens (tertiary/aromatic N) is 2. The average molecular weight is 352 g/mol. The Morgan fingerprint density at radius 3 is 2.56 bits per heavy atom. The highest BCUT2D eigenvalue weighted by Crippen LogP contribution is 2.25. The highest BCUT2D eigenvalue weighted by atomic mass is 16.7. The maximum absolute atomic E-state index is 12.8. The molecule has 1 amide bonds. The zero-order chi connectivity index (χ0) is 18.4. The molecule has 1 N–H and O–H groups in total. The number of hydrogen-bond acceptors (Lipinski definition) is 7. The fourth-order valence-electron chi connectivity index (χ4n) is 2.60. The second-order valence-electron chi connectivity index (χ2n) is 5.65. The number of carboxylic acids is 1. The largest absolute Gasteiger partial charge is 0.621 e. The molecule has 1 unspecified atom stereocenters. The monoisotopic (exact) mass is 352 g/mol. The predicted octanol–water partition coefficient (Wildman–Crippen LogP) is 0.927. The van der Waals surface area contributed by atoms with Crippen molar-refractivity contribution in [2.45, 2.75) is 19.6 Å². The molecule has 1 fully saturated rings. The molecule has 136 valence electrons. The van der Waals surface area contributed by atoms with Gasteiger partial charge in [-0.25, -0.2) is 14.3 Å². The summed E-state index contributed by atoms with van der Waals surface area (Å²) in [4.78, 5) is 36.4. The zero-order valence-corrected chi connectivity index (χ0v) is 13.8. The van der Waals surface area contributed by atoms with Crippen LogP contribution < -0.4 is 0 Å². The second-order valence-corrected chi connectivity index (χ2v) is 5.65. The van der Waals surface area contributed by atoms with Crippen LogP contribution in [0, 0.1) is 5.21 Å². The van der Waals surface area contributed by atoms with Crippen molar-refractivity contribution in [3.8, 4) is 0 Å². The van der Waals surface area contributed by atoms with E-state index >= 15 is 0 Å². The first-order valence-corrected chi connectivity index (χ1v) is 7.77. The Kier molecular flexibility index (Phi) is 6.07. The number of hydrogen-bond donors (Lipinski definition) is 1. The van der Waals surface area contributed by atoms with Crippen molar-refractivity contribution in [2.75, 3.05) is 26.4 Å². The predicted molar refractivity (Wildman–Crippen MR) is 84.8 cm³/mol. The molecule has 0 aliphatic carbocycles. The van der Waals surface area contributed by atoms with Crippen molar-refractivity contribution in [1.29, 1.82) is 0 Å². The molecule has 1 aromatic carbocycles. The third-order valence-corrected chi connectivity index (χ3v) is 3.80. The van der Waals surface area contributed by atoms with Crippen LogP contribution in [0.15, 0.2) is 30.3 Å². The van der Waals surface area contributed by atoms with E-state index in [1.54, 1.807) is 37.3 Å². The lowest BCUT2D eigenvalue weighted by atomic mass is 10.2. The molecule has 9 nitrogen and oxygen atoms in total. The van der Waals surface area contributed by atoms with Crippen LogP contribution in [0.3, 0.4) is 0 Å².